The van der Waals surface area contributed by atoms with Crippen molar-refractivity contribution in [1.82, 2.24) is 0 Å². The maximum Gasteiger partial charge on any atom is 0.337 e. The zero-order chi connectivity index (χ0) is 41.3. The first-order chi connectivity index (χ1) is 27.2. The lowest BCUT2D eigenvalue weighted by molar-refractivity contribution is -0.342. The number of hydrogen-bond donors (Lipinski definition) is 9. The summed E-state index contributed by atoms with van der Waals surface area (Å²) >= 11 is 0. The molecule has 0 radical (unpaired) electrons. The lowest BCUT2D eigenvalue weighted by Gasteiger charge is -2.43. The van der Waals surface area contributed by atoms with Crippen LogP contribution in [0.3, 0.4) is 0 Å². The molecule has 6 rings (SSSR count). The number of ether oxygens (including phenoxy) is 10. The molecule has 4 fully saturated rings. The fraction of sp³-hybridized carbons (Fsp3) is 0.778. The van der Waals surface area contributed by atoms with Crippen molar-refractivity contribution in [2.75, 3.05) is 33.5 Å². The van der Waals surface area contributed by atoms with E-state index in [-0.39, 0.29) is 37.2 Å². The molecule has 0 spiro atoms. The largest absolute Gasteiger partial charge is 0.472 e. The van der Waals surface area contributed by atoms with Crippen molar-refractivity contribution in [3.05, 3.63) is 36.3 Å². The highest BCUT2D eigenvalue weighted by molar-refractivity contribution is 5.90. The molecular formula is C36H52O21. The van der Waals surface area contributed by atoms with Gasteiger partial charge in [-0.15, -0.1) is 6.58 Å². The highest BCUT2D eigenvalue weighted by atomic mass is 16.8. The van der Waals surface area contributed by atoms with Gasteiger partial charge >= 0.3 is 11.9 Å². The Morgan fingerprint density at radius 2 is 1.32 bits per heavy atom. The predicted octanol–water partition coefficient (Wildman–Crippen LogP) is -4.00. The Morgan fingerprint density at radius 1 is 0.772 bits per heavy atom. The molecule has 0 unspecified atom stereocenters. The van der Waals surface area contributed by atoms with E-state index in [1.54, 1.807) is 6.92 Å². The molecule has 0 aromatic rings. The van der Waals surface area contributed by atoms with Gasteiger partial charge in [-0.25, -0.2) is 9.59 Å². The third-order valence-corrected chi connectivity index (χ3v) is 11.5. The van der Waals surface area contributed by atoms with Gasteiger partial charge in [0.1, 0.15) is 61.0 Å². The van der Waals surface area contributed by atoms with E-state index in [0.717, 1.165) is 12.5 Å². The van der Waals surface area contributed by atoms with Crippen LogP contribution in [0.2, 0.25) is 0 Å². The third kappa shape index (κ3) is 8.88. The lowest BCUT2D eigenvalue weighted by Crippen LogP contribution is -2.60. The Hall–Kier alpha value is -2.84. The molecule has 1 aliphatic carbocycles. The van der Waals surface area contributed by atoms with Crippen LogP contribution < -0.4 is 0 Å². The minimum atomic E-state index is -1.76. The molecule has 6 aliphatic rings. The molecule has 18 atom stereocenters. The van der Waals surface area contributed by atoms with Crippen molar-refractivity contribution in [3.8, 4) is 0 Å². The van der Waals surface area contributed by atoms with Crippen LogP contribution in [-0.2, 0) is 57.0 Å². The minimum absolute atomic E-state index is 0.00815. The molecular weight excluding hydrogens is 768 g/mol. The van der Waals surface area contributed by atoms with Gasteiger partial charge in [0, 0.05) is 36.0 Å². The highest BCUT2D eigenvalue weighted by Gasteiger charge is 2.56. The van der Waals surface area contributed by atoms with E-state index in [1.165, 1.54) is 13.2 Å². The van der Waals surface area contributed by atoms with E-state index in [9.17, 15) is 55.5 Å². The van der Waals surface area contributed by atoms with E-state index < -0.39 is 147 Å². The Morgan fingerprint density at radius 3 is 1.86 bits per heavy atom. The van der Waals surface area contributed by atoms with Gasteiger partial charge in [-0.05, 0) is 6.42 Å². The number of fused-ring (bicyclic) bond motifs is 1. The summed E-state index contributed by atoms with van der Waals surface area (Å²) in [7, 11) is 1.19. The van der Waals surface area contributed by atoms with Crippen LogP contribution in [0.1, 0.15) is 19.8 Å². The number of rotatable bonds is 12. The first kappa shape index (κ1) is 43.7. The quantitative estimate of drug-likeness (QED) is 0.0669. The Kier molecular flexibility index (Phi) is 14.3. The Balaban J connectivity index is 1.23. The zero-order valence-corrected chi connectivity index (χ0v) is 31.2. The maximum atomic E-state index is 14.2. The first-order valence-electron chi connectivity index (χ1n) is 18.7. The Labute approximate surface area is 326 Å². The van der Waals surface area contributed by atoms with Crippen LogP contribution >= 0.6 is 0 Å². The average Bonchev–Trinajstić information content (AvgIpc) is 3.53. The van der Waals surface area contributed by atoms with Crippen molar-refractivity contribution in [2.45, 2.75) is 112 Å². The molecule has 21 heteroatoms. The molecule has 57 heavy (non-hydrogen) atoms. The van der Waals surface area contributed by atoms with Crippen molar-refractivity contribution in [1.29, 1.82) is 0 Å². The van der Waals surface area contributed by atoms with Crippen molar-refractivity contribution < 1.29 is 103 Å². The second kappa shape index (κ2) is 18.6. The summed E-state index contributed by atoms with van der Waals surface area (Å²) in [5.74, 6) is -5.32. The van der Waals surface area contributed by atoms with Crippen LogP contribution in [0, 0.1) is 29.6 Å². The monoisotopic (exact) mass is 820 g/mol. The summed E-state index contributed by atoms with van der Waals surface area (Å²) in [6, 6.07) is 0. The molecule has 21 nitrogen and oxygen atoms in total. The van der Waals surface area contributed by atoms with Gasteiger partial charge in [0.2, 0.25) is 12.6 Å². The molecule has 9 N–H and O–H groups in total. The molecule has 0 amide bonds. The van der Waals surface area contributed by atoms with Gasteiger partial charge in [-0.1, -0.05) is 13.0 Å². The van der Waals surface area contributed by atoms with Crippen LogP contribution in [-0.4, -0.2) is 184 Å². The number of carbonyl (C=O) groups is 2. The van der Waals surface area contributed by atoms with E-state index in [2.05, 4.69) is 6.58 Å². The summed E-state index contributed by atoms with van der Waals surface area (Å²) in [4.78, 5) is 27.1. The van der Waals surface area contributed by atoms with Crippen molar-refractivity contribution in [3.63, 3.8) is 0 Å². The highest BCUT2D eigenvalue weighted by Crippen LogP contribution is 2.49. The molecule has 3 saturated heterocycles. The van der Waals surface area contributed by atoms with Gasteiger partial charge in [-0.3, -0.25) is 0 Å². The van der Waals surface area contributed by atoms with E-state index >= 15 is 0 Å². The fourth-order valence-corrected chi connectivity index (χ4v) is 8.23. The number of carbonyl (C=O) groups excluding carboxylic acids is 2. The van der Waals surface area contributed by atoms with Gasteiger partial charge in [0.25, 0.3) is 0 Å². The maximum absolute atomic E-state index is 14.2. The molecule has 322 valence electrons. The predicted molar refractivity (Wildman–Crippen MR) is 182 cm³/mol. The summed E-state index contributed by atoms with van der Waals surface area (Å²) in [5, 5.41) is 91.6. The zero-order valence-electron chi connectivity index (χ0n) is 31.2. The summed E-state index contributed by atoms with van der Waals surface area (Å²) in [6.07, 6.45) is -17.4. The second-order valence-electron chi connectivity index (χ2n) is 14.9. The lowest BCUT2D eigenvalue weighted by atomic mass is 9.81. The first-order valence-corrected chi connectivity index (χ1v) is 18.7. The van der Waals surface area contributed by atoms with E-state index in [4.69, 9.17) is 47.4 Å². The topological polar surface area (TPSA) is 309 Å². The molecule has 5 heterocycles. The molecule has 0 aromatic heterocycles. The van der Waals surface area contributed by atoms with Crippen LogP contribution in [0.5, 0.6) is 0 Å². The summed E-state index contributed by atoms with van der Waals surface area (Å²) < 4.78 is 57.0. The van der Waals surface area contributed by atoms with Gasteiger partial charge < -0.3 is 93.3 Å². The molecule has 0 aromatic carbocycles. The third-order valence-electron chi connectivity index (χ3n) is 11.5. The van der Waals surface area contributed by atoms with Crippen LogP contribution in [0.25, 0.3) is 0 Å². The van der Waals surface area contributed by atoms with Gasteiger partial charge in [-0.2, -0.15) is 0 Å². The number of aliphatic hydroxyl groups is 9. The second-order valence-corrected chi connectivity index (χ2v) is 14.9. The van der Waals surface area contributed by atoms with E-state index in [0.29, 0.717) is 0 Å². The number of aliphatic hydroxyl groups excluding tert-OH is 9. The average molecular weight is 821 g/mol. The number of esters is 2. The van der Waals surface area contributed by atoms with Crippen LogP contribution in [0.15, 0.2) is 36.3 Å². The summed E-state index contributed by atoms with van der Waals surface area (Å²) in [5.41, 5.74) is 0.108. The minimum Gasteiger partial charge on any atom is -0.472 e. The van der Waals surface area contributed by atoms with Crippen LogP contribution in [0.4, 0.5) is 0 Å². The standard InChI is InChI=1S/C36H52O21/c1-4-15-16(6-23-49-9-14(39)10-50-23)18(11-51-33(15)56-35-29(44)27(42)25(40)21(7-37)54-35)32(47)53-20-5-17-19(31(46)48-3)12-52-34(24(17)13(20)2)57-36-30(45)28(43)26(41)22(8-38)55-36/h4,11-17,20-30,33-45H,1,5-10H2,2-3H3/t13-,14?,15+,16+,17+,20-,21+,22+,23?,24-,25-,26-,27-,28-,29+,30+,33-,34-,35-,36-/m0/s1. The summed E-state index contributed by atoms with van der Waals surface area (Å²) in [6.45, 7) is 4.12. The Bertz CT molecular complexity index is 1460. The van der Waals surface area contributed by atoms with Crippen molar-refractivity contribution >= 4 is 11.9 Å². The normalized spacial score (nSPS) is 46.0. The van der Waals surface area contributed by atoms with E-state index in [1.807, 2.05) is 0 Å². The number of hydrogen-bond acceptors (Lipinski definition) is 21. The smallest absolute Gasteiger partial charge is 0.337 e. The molecule has 1 saturated carbocycles. The van der Waals surface area contributed by atoms with Crippen molar-refractivity contribution in [2.24, 2.45) is 29.6 Å². The number of methoxy groups -OCH3 is 1. The SMILES string of the molecule is C=C[C@H]1[C@H](O[C@@H]2O[C@H](CO)[C@H](O)[C@H](O)[C@H]2O)OC=C(C(=O)O[C@H]2C[C@@H]3C(C(=O)OC)=CO[C@@H](O[C@@H]4O[C@H](CO)[C@H](O)[C@H](O)[C@H]4O)[C@H]3[C@H]2C)[C@@H]1CC1OCC(O)CO1. The molecule has 5 aliphatic heterocycles. The molecule has 0 bridgehead atoms. The van der Waals surface area contributed by atoms with Gasteiger partial charge in [0.15, 0.2) is 18.9 Å². The fourth-order valence-electron chi connectivity index (χ4n) is 8.23. The van der Waals surface area contributed by atoms with Gasteiger partial charge in [0.05, 0.1) is 57.2 Å².